The number of aliphatic hydroxyl groups excluding tert-OH is 1. The van der Waals surface area contributed by atoms with Gasteiger partial charge in [0.2, 0.25) is 17.2 Å². The van der Waals surface area contributed by atoms with Crippen molar-refractivity contribution < 1.29 is 31.8 Å². The number of nitrogens with zero attached hydrogens (tertiary/aromatic N) is 3. The zero-order chi connectivity index (χ0) is 28.9. The highest BCUT2D eigenvalue weighted by Crippen LogP contribution is 2.34. The average molecular weight is 607 g/mol. The van der Waals surface area contributed by atoms with Gasteiger partial charge in [0.15, 0.2) is 11.9 Å². The molecule has 0 radical (unpaired) electrons. The quantitative estimate of drug-likeness (QED) is 0.256. The number of fused-ring (bicyclic) bond motifs is 1. The Balaban J connectivity index is 1.48. The Morgan fingerprint density at radius 2 is 1.93 bits per heavy atom. The molecular formula is C25H34ClF3N6O4S. The zero-order valence-electron chi connectivity index (χ0n) is 22.0. The van der Waals surface area contributed by atoms with E-state index in [4.69, 9.17) is 20.9 Å². The number of aliphatic hydroxyl groups is 1. The van der Waals surface area contributed by atoms with Gasteiger partial charge in [-0.3, -0.25) is 9.45 Å². The van der Waals surface area contributed by atoms with Crippen molar-refractivity contribution in [2.24, 2.45) is 5.92 Å². The third kappa shape index (κ3) is 8.17. The third-order valence-corrected chi connectivity index (χ3v) is 8.11. The van der Waals surface area contributed by atoms with Crippen molar-refractivity contribution in [2.45, 2.75) is 56.8 Å². The van der Waals surface area contributed by atoms with Gasteiger partial charge >= 0.3 is 6.18 Å². The van der Waals surface area contributed by atoms with Crippen LogP contribution in [0.1, 0.15) is 36.8 Å². The summed E-state index contributed by atoms with van der Waals surface area (Å²) < 4.78 is 66.9. The number of nitrogens with one attached hydrogen (secondary N) is 3. The number of ether oxygens (including phenoxy) is 1. The SMILES string of the molecule is COc1cc2c(cc1Nc1ncc(Cl)c(N[C@@H]3CCCC[C@@H]3CNS(=O)O)n1)CCN(C[C@H](O)C(F)(F)F)CC2. The predicted octanol–water partition coefficient (Wildman–Crippen LogP) is 3.90. The average Bonchev–Trinajstić information content (AvgIpc) is 3.10. The first-order valence-corrected chi connectivity index (χ1v) is 14.6. The molecule has 1 saturated carbocycles. The molecule has 5 N–H and O–H groups in total. The molecule has 1 aromatic carbocycles. The van der Waals surface area contributed by atoms with Crippen molar-refractivity contribution in [2.75, 3.05) is 43.9 Å². The van der Waals surface area contributed by atoms with Gasteiger partial charge in [-0.1, -0.05) is 24.4 Å². The van der Waals surface area contributed by atoms with Crippen LogP contribution in [0.2, 0.25) is 5.02 Å². The van der Waals surface area contributed by atoms with Crippen molar-refractivity contribution >= 4 is 40.3 Å². The highest BCUT2D eigenvalue weighted by molar-refractivity contribution is 7.77. The van der Waals surface area contributed by atoms with E-state index in [1.54, 1.807) is 4.90 Å². The van der Waals surface area contributed by atoms with Gasteiger partial charge in [0.1, 0.15) is 10.8 Å². The molecule has 222 valence electrons. The highest BCUT2D eigenvalue weighted by Gasteiger charge is 2.39. The van der Waals surface area contributed by atoms with Crippen LogP contribution in [0.15, 0.2) is 18.3 Å². The molecule has 10 nitrogen and oxygen atoms in total. The minimum absolute atomic E-state index is 0.00545. The van der Waals surface area contributed by atoms with Gasteiger partial charge in [0.25, 0.3) is 0 Å². The summed E-state index contributed by atoms with van der Waals surface area (Å²) in [5.74, 6) is 1.37. The first kappa shape index (κ1) is 30.7. The van der Waals surface area contributed by atoms with E-state index in [-0.39, 0.29) is 17.9 Å². The fourth-order valence-corrected chi connectivity index (χ4v) is 5.75. The van der Waals surface area contributed by atoms with Crippen LogP contribution in [0.25, 0.3) is 0 Å². The van der Waals surface area contributed by atoms with Crippen LogP contribution in [0.3, 0.4) is 0 Å². The van der Waals surface area contributed by atoms with E-state index in [1.165, 1.54) is 13.3 Å². The first-order valence-electron chi connectivity index (χ1n) is 13.1. The lowest BCUT2D eigenvalue weighted by Crippen LogP contribution is -2.41. The fraction of sp³-hybridized carbons (Fsp3) is 0.600. The largest absolute Gasteiger partial charge is 0.495 e. The molecule has 15 heteroatoms. The van der Waals surface area contributed by atoms with Crippen molar-refractivity contribution in [3.63, 3.8) is 0 Å². The lowest BCUT2D eigenvalue weighted by atomic mass is 9.84. The topological polar surface area (TPSA) is 132 Å². The van der Waals surface area contributed by atoms with Gasteiger partial charge in [-0.2, -0.15) is 18.2 Å². The second-order valence-corrected chi connectivity index (χ2v) is 11.3. The van der Waals surface area contributed by atoms with E-state index >= 15 is 0 Å². The Labute approximate surface area is 238 Å². The smallest absolute Gasteiger partial charge is 0.415 e. The van der Waals surface area contributed by atoms with Crippen LogP contribution in [-0.4, -0.2) is 80.3 Å². The molecule has 1 aromatic heterocycles. The van der Waals surface area contributed by atoms with Crippen LogP contribution in [0.5, 0.6) is 5.75 Å². The Morgan fingerprint density at radius 3 is 2.60 bits per heavy atom. The summed E-state index contributed by atoms with van der Waals surface area (Å²) >= 11 is 4.32. The summed E-state index contributed by atoms with van der Waals surface area (Å²) in [5, 5.41) is 16.4. The van der Waals surface area contributed by atoms with Gasteiger partial charge in [0, 0.05) is 32.2 Å². The van der Waals surface area contributed by atoms with Gasteiger partial charge < -0.3 is 20.5 Å². The monoisotopic (exact) mass is 606 g/mol. The van der Waals surface area contributed by atoms with E-state index in [1.807, 2.05) is 12.1 Å². The second kappa shape index (κ2) is 13.6. The lowest BCUT2D eigenvalue weighted by molar-refractivity contribution is -0.208. The Morgan fingerprint density at radius 1 is 1.23 bits per heavy atom. The summed E-state index contributed by atoms with van der Waals surface area (Å²) in [6, 6.07) is 3.76. The third-order valence-electron chi connectivity index (χ3n) is 7.42. The van der Waals surface area contributed by atoms with E-state index in [2.05, 4.69) is 25.3 Å². The van der Waals surface area contributed by atoms with Crippen molar-refractivity contribution in [1.82, 2.24) is 19.6 Å². The first-order chi connectivity index (χ1) is 19.0. The van der Waals surface area contributed by atoms with Crippen LogP contribution >= 0.6 is 11.6 Å². The molecule has 0 saturated heterocycles. The van der Waals surface area contributed by atoms with Crippen LogP contribution in [-0.2, 0) is 24.1 Å². The maximum absolute atomic E-state index is 12.8. The lowest BCUT2D eigenvalue weighted by Gasteiger charge is -2.32. The van der Waals surface area contributed by atoms with E-state index in [0.29, 0.717) is 54.8 Å². The van der Waals surface area contributed by atoms with Gasteiger partial charge in [-0.25, -0.2) is 13.9 Å². The number of benzene rings is 1. The number of hydrogen-bond acceptors (Lipinski definition) is 8. The van der Waals surface area contributed by atoms with Gasteiger partial charge in [0.05, 0.1) is 19.0 Å². The van der Waals surface area contributed by atoms with Crippen LogP contribution in [0, 0.1) is 5.92 Å². The number of β-amino-alcohol motifs (C(OH)–C–C–N with tert-alkyl or cyclic N) is 1. The van der Waals surface area contributed by atoms with E-state index in [0.717, 1.165) is 36.8 Å². The molecule has 1 aliphatic carbocycles. The zero-order valence-corrected chi connectivity index (χ0v) is 23.6. The summed E-state index contributed by atoms with van der Waals surface area (Å²) in [7, 11) is 1.53. The molecule has 4 rings (SSSR count). The Kier molecular flexibility index (Phi) is 10.5. The number of aromatic nitrogens is 2. The maximum Gasteiger partial charge on any atom is 0.415 e. The summed E-state index contributed by atoms with van der Waals surface area (Å²) in [5.41, 5.74) is 2.52. The molecule has 1 aliphatic heterocycles. The molecule has 2 aliphatic rings. The molecule has 2 heterocycles. The van der Waals surface area contributed by atoms with Gasteiger partial charge in [-0.05, 0) is 54.9 Å². The molecule has 40 heavy (non-hydrogen) atoms. The Hall–Kier alpha value is -2.23. The van der Waals surface area contributed by atoms with Crippen molar-refractivity contribution in [3.05, 3.63) is 34.5 Å². The predicted molar refractivity (Wildman–Crippen MR) is 147 cm³/mol. The highest BCUT2D eigenvalue weighted by atomic mass is 35.5. The van der Waals surface area contributed by atoms with Crippen molar-refractivity contribution in [3.8, 4) is 5.75 Å². The normalized spacial score (nSPS) is 21.7. The molecule has 0 spiro atoms. The Bertz CT molecular complexity index is 1190. The second-order valence-electron chi connectivity index (χ2n) is 10.1. The molecule has 0 amide bonds. The standard InChI is InChI=1S/C25H34ClF3N6O4S/c1-39-21-11-16-7-9-35(14-22(36)25(27,28)29)8-6-15(16)10-20(21)33-24-30-13-18(26)23(34-24)32-19-5-3-2-4-17(19)12-31-40(37)38/h10-11,13,17,19,22,31,36H,2-9,12,14H2,1H3,(H,37,38)(H2,30,32,33,34)/t17-,19-,22+/m1/s1. The number of alkyl halides is 3. The maximum atomic E-state index is 12.8. The summed E-state index contributed by atoms with van der Waals surface area (Å²) in [6.45, 7) is 0.674. The number of anilines is 3. The molecule has 1 unspecified atom stereocenters. The van der Waals surface area contributed by atoms with Gasteiger partial charge in [-0.15, -0.1) is 0 Å². The van der Waals surface area contributed by atoms with E-state index in [9.17, 15) is 22.5 Å². The molecular weight excluding hydrogens is 573 g/mol. The molecule has 0 bridgehead atoms. The summed E-state index contributed by atoms with van der Waals surface area (Å²) in [4.78, 5) is 10.5. The molecule has 4 atom stereocenters. The van der Waals surface area contributed by atoms with Crippen LogP contribution < -0.4 is 20.1 Å². The number of rotatable bonds is 10. The van der Waals surface area contributed by atoms with E-state index < -0.39 is 30.1 Å². The molecule has 1 fully saturated rings. The number of methoxy groups -OCH3 is 1. The van der Waals surface area contributed by atoms with Crippen molar-refractivity contribution in [1.29, 1.82) is 0 Å². The number of halogens is 4. The molecule has 2 aromatic rings. The minimum Gasteiger partial charge on any atom is -0.495 e. The van der Waals surface area contributed by atoms with Crippen LogP contribution in [0.4, 0.5) is 30.6 Å². The summed E-state index contributed by atoms with van der Waals surface area (Å²) in [6.07, 6.45) is -0.722. The fourth-order valence-electron chi connectivity index (χ4n) is 5.24. The number of hydrogen-bond donors (Lipinski definition) is 5. The minimum atomic E-state index is -4.65.